The molecule has 0 radical (unpaired) electrons. The van der Waals surface area contributed by atoms with Gasteiger partial charge >= 0.3 is 0 Å². The molecule has 2 aromatic carbocycles. The summed E-state index contributed by atoms with van der Waals surface area (Å²) in [7, 11) is 0. The van der Waals surface area contributed by atoms with Crippen molar-refractivity contribution in [3.63, 3.8) is 0 Å². The Hall–Kier alpha value is -1.30. The molecule has 3 rings (SSSR count). The first-order valence-corrected chi connectivity index (χ1v) is 7.12. The molecule has 0 saturated carbocycles. The zero-order chi connectivity index (χ0) is 12.9. The fourth-order valence-corrected chi connectivity index (χ4v) is 3.89. The second-order valence-corrected chi connectivity index (χ2v) is 6.33. The Labute approximate surface area is 110 Å². The van der Waals surface area contributed by atoms with Gasteiger partial charge in [-0.25, -0.2) is 0 Å². The van der Waals surface area contributed by atoms with Crippen LogP contribution in [0.4, 0.5) is 0 Å². The molecule has 0 bridgehead atoms. The molecule has 0 saturated heterocycles. The van der Waals surface area contributed by atoms with Gasteiger partial charge in [-0.05, 0) is 45.6 Å². The first-order chi connectivity index (χ1) is 8.61. The van der Waals surface area contributed by atoms with E-state index in [4.69, 9.17) is 0 Å². The summed E-state index contributed by atoms with van der Waals surface area (Å²) in [4.78, 5) is 0. The molecular formula is C18H22. The Balaban J connectivity index is 2.32. The minimum atomic E-state index is 0.686. The molecule has 94 valence electrons. The van der Waals surface area contributed by atoms with E-state index in [0.717, 1.165) is 0 Å². The summed E-state index contributed by atoms with van der Waals surface area (Å²) in [6, 6.07) is 13.6. The van der Waals surface area contributed by atoms with Gasteiger partial charge in [0.15, 0.2) is 0 Å². The third kappa shape index (κ3) is 1.51. The van der Waals surface area contributed by atoms with E-state index in [0.29, 0.717) is 23.7 Å². The van der Waals surface area contributed by atoms with E-state index in [-0.39, 0.29) is 0 Å². The highest BCUT2D eigenvalue weighted by atomic mass is 14.4. The average Bonchev–Trinajstić information content (AvgIpc) is 2.67. The maximum Gasteiger partial charge on any atom is -0.00611 e. The van der Waals surface area contributed by atoms with Gasteiger partial charge in [0.1, 0.15) is 0 Å². The number of benzene rings is 2. The molecule has 1 aliphatic carbocycles. The summed E-state index contributed by atoms with van der Waals surface area (Å²) < 4.78 is 0. The molecule has 0 amide bonds. The minimum Gasteiger partial charge on any atom is -0.0622 e. The summed E-state index contributed by atoms with van der Waals surface area (Å²) in [5.41, 5.74) is 3.16. The molecule has 18 heavy (non-hydrogen) atoms. The van der Waals surface area contributed by atoms with Crippen molar-refractivity contribution in [3.8, 4) is 0 Å². The Morgan fingerprint density at radius 1 is 0.722 bits per heavy atom. The number of rotatable bonds is 2. The first-order valence-electron chi connectivity index (χ1n) is 7.12. The number of hydrogen-bond donors (Lipinski definition) is 0. The van der Waals surface area contributed by atoms with Crippen LogP contribution in [0.5, 0.6) is 0 Å². The molecule has 0 spiro atoms. The van der Waals surface area contributed by atoms with Crippen LogP contribution in [0.2, 0.25) is 0 Å². The molecule has 0 heteroatoms. The van der Waals surface area contributed by atoms with Crippen LogP contribution in [0.15, 0.2) is 36.4 Å². The van der Waals surface area contributed by atoms with E-state index >= 15 is 0 Å². The topological polar surface area (TPSA) is 0 Å². The average molecular weight is 238 g/mol. The van der Waals surface area contributed by atoms with Gasteiger partial charge in [0.05, 0.1) is 0 Å². The van der Waals surface area contributed by atoms with Crippen molar-refractivity contribution in [2.75, 3.05) is 0 Å². The van der Waals surface area contributed by atoms with Crippen LogP contribution in [0, 0.1) is 11.8 Å². The van der Waals surface area contributed by atoms with E-state index in [1.807, 2.05) is 0 Å². The fraction of sp³-hybridized carbons (Fsp3) is 0.444. The smallest absolute Gasteiger partial charge is 0.00611 e. The monoisotopic (exact) mass is 238 g/mol. The zero-order valence-electron chi connectivity index (χ0n) is 11.8. The summed E-state index contributed by atoms with van der Waals surface area (Å²) in [5, 5.41) is 2.95. The van der Waals surface area contributed by atoms with E-state index in [1.54, 1.807) is 11.1 Å². The summed E-state index contributed by atoms with van der Waals surface area (Å²) in [5.74, 6) is 2.78. The van der Waals surface area contributed by atoms with Crippen molar-refractivity contribution in [3.05, 3.63) is 47.5 Å². The van der Waals surface area contributed by atoms with Gasteiger partial charge in [0.25, 0.3) is 0 Å². The molecule has 2 atom stereocenters. The molecule has 0 aromatic heterocycles. The van der Waals surface area contributed by atoms with Gasteiger partial charge in [-0.1, -0.05) is 64.1 Å². The maximum atomic E-state index is 2.37. The lowest BCUT2D eigenvalue weighted by Crippen LogP contribution is -2.16. The van der Waals surface area contributed by atoms with Gasteiger partial charge in [0, 0.05) is 0 Å². The van der Waals surface area contributed by atoms with Crippen LogP contribution >= 0.6 is 0 Å². The Bertz CT molecular complexity index is 529. The van der Waals surface area contributed by atoms with Gasteiger partial charge in [-0.2, -0.15) is 0 Å². The first kappa shape index (κ1) is 11.8. The molecular weight excluding hydrogens is 216 g/mol. The zero-order valence-corrected chi connectivity index (χ0v) is 11.8. The van der Waals surface area contributed by atoms with E-state index in [1.165, 1.54) is 10.8 Å². The highest BCUT2D eigenvalue weighted by molar-refractivity contribution is 5.92. The largest absolute Gasteiger partial charge is 0.0622 e. The molecule has 2 aromatic rings. The van der Waals surface area contributed by atoms with Crippen LogP contribution in [-0.4, -0.2) is 0 Å². The third-order valence-electron chi connectivity index (χ3n) is 4.51. The minimum absolute atomic E-state index is 0.686. The normalized spacial score (nSPS) is 22.3. The van der Waals surface area contributed by atoms with Gasteiger partial charge < -0.3 is 0 Å². The number of hydrogen-bond acceptors (Lipinski definition) is 0. The fourth-order valence-electron chi connectivity index (χ4n) is 3.89. The van der Waals surface area contributed by atoms with Crippen molar-refractivity contribution in [2.45, 2.75) is 39.5 Å². The Morgan fingerprint density at radius 2 is 1.17 bits per heavy atom. The molecule has 0 nitrogen and oxygen atoms in total. The van der Waals surface area contributed by atoms with E-state index in [2.05, 4.69) is 64.1 Å². The highest BCUT2D eigenvalue weighted by Gasteiger charge is 2.37. The highest BCUT2D eigenvalue weighted by Crippen LogP contribution is 2.52. The summed E-state index contributed by atoms with van der Waals surface area (Å²) in [6.45, 7) is 9.46. The maximum absolute atomic E-state index is 2.37. The van der Waals surface area contributed by atoms with Crippen LogP contribution < -0.4 is 0 Å². The lowest BCUT2D eigenvalue weighted by Gasteiger charge is -2.28. The molecule has 1 aliphatic rings. The standard InChI is InChI=1S/C18H22/c1-11(2)16-14-9-5-7-13-8-6-10-15(18(13)14)17(16)12(3)4/h5-12,16-17H,1-4H3. The van der Waals surface area contributed by atoms with Gasteiger partial charge in [-0.3, -0.25) is 0 Å². The quantitative estimate of drug-likeness (QED) is 0.663. The molecule has 0 aliphatic heterocycles. The van der Waals surface area contributed by atoms with E-state index in [9.17, 15) is 0 Å². The molecule has 0 fully saturated rings. The van der Waals surface area contributed by atoms with E-state index < -0.39 is 0 Å². The van der Waals surface area contributed by atoms with Crippen LogP contribution in [0.25, 0.3) is 10.8 Å². The van der Waals surface area contributed by atoms with Crippen LogP contribution in [0.3, 0.4) is 0 Å². The second kappa shape index (κ2) is 4.12. The predicted octanol–water partition coefficient (Wildman–Crippen LogP) is 5.33. The second-order valence-electron chi connectivity index (χ2n) is 6.33. The van der Waals surface area contributed by atoms with Crippen molar-refractivity contribution in [2.24, 2.45) is 11.8 Å². The Morgan fingerprint density at radius 3 is 1.56 bits per heavy atom. The van der Waals surface area contributed by atoms with Gasteiger partial charge in [-0.15, -0.1) is 0 Å². The summed E-state index contributed by atoms with van der Waals surface area (Å²) in [6.07, 6.45) is 0. The lowest BCUT2D eigenvalue weighted by atomic mass is 9.76. The Kier molecular flexibility index (Phi) is 2.69. The predicted molar refractivity (Wildman–Crippen MR) is 79.1 cm³/mol. The van der Waals surface area contributed by atoms with Crippen LogP contribution in [-0.2, 0) is 0 Å². The molecule has 0 N–H and O–H groups in total. The van der Waals surface area contributed by atoms with Gasteiger partial charge in [0.2, 0.25) is 0 Å². The van der Waals surface area contributed by atoms with Crippen LogP contribution in [0.1, 0.15) is 50.7 Å². The molecule has 0 heterocycles. The van der Waals surface area contributed by atoms with Crippen molar-refractivity contribution < 1.29 is 0 Å². The van der Waals surface area contributed by atoms with Crippen molar-refractivity contribution in [1.29, 1.82) is 0 Å². The molecule has 2 unspecified atom stereocenters. The summed E-state index contributed by atoms with van der Waals surface area (Å²) >= 11 is 0. The third-order valence-corrected chi connectivity index (χ3v) is 4.51. The SMILES string of the molecule is CC(C)C1c2cccc3cccc(c23)C1C(C)C. The lowest BCUT2D eigenvalue weighted by molar-refractivity contribution is 0.361. The van der Waals surface area contributed by atoms with Crippen molar-refractivity contribution >= 4 is 10.8 Å². The van der Waals surface area contributed by atoms with Crippen molar-refractivity contribution in [1.82, 2.24) is 0 Å².